The van der Waals surface area contributed by atoms with Gasteiger partial charge in [-0.15, -0.1) is 0 Å². The summed E-state index contributed by atoms with van der Waals surface area (Å²) in [6, 6.07) is 5.00. The SMILES string of the molecule is CCN(CCC(=O)O)C(=O)NC(C)c1ccccn1. The lowest BCUT2D eigenvalue weighted by Gasteiger charge is -2.23. The van der Waals surface area contributed by atoms with Gasteiger partial charge in [0, 0.05) is 19.3 Å². The third-order valence-corrected chi connectivity index (χ3v) is 2.74. The molecule has 1 aromatic rings. The fourth-order valence-corrected chi connectivity index (χ4v) is 1.62. The lowest BCUT2D eigenvalue weighted by Crippen LogP contribution is -2.42. The van der Waals surface area contributed by atoms with E-state index in [9.17, 15) is 9.59 Å². The zero-order chi connectivity index (χ0) is 14.3. The van der Waals surface area contributed by atoms with Crippen molar-refractivity contribution in [3.05, 3.63) is 30.1 Å². The molecule has 19 heavy (non-hydrogen) atoms. The Kier molecular flexibility index (Phi) is 5.78. The van der Waals surface area contributed by atoms with E-state index < -0.39 is 5.97 Å². The number of rotatable bonds is 6. The van der Waals surface area contributed by atoms with Crippen LogP contribution in [-0.2, 0) is 4.79 Å². The molecule has 0 aliphatic carbocycles. The molecule has 0 aromatic carbocycles. The van der Waals surface area contributed by atoms with Gasteiger partial charge in [0.2, 0.25) is 0 Å². The fourth-order valence-electron chi connectivity index (χ4n) is 1.62. The Morgan fingerprint density at radius 2 is 2.21 bits per heavy atom. The number of aromatic nitrogens is 1. The smallest absolute Gasteiger partial charge is 0.317 e. The van der Waals surface area contributed by atoms with Crippen molar-refractivity contribution < 1.29 is 14.7 Å². The normalized spacial score (nSPS) is 11.7. The Balaban J connectivity index is 2.54. The molecule has 0 bridgehead atoms. The summed E-state index contributed by atoms with van der Waals surface area (Å²) in [4.78, 5) is 28.1. The first-order valence-electron chi connectivity index (χ1n) is 6.22. The van der Waals surface area contributed by atoms with Crippen LogP contribution in [-0.4, -0.2) is 40.1 Å². The summed E-state index contributed by atoms with van der Waals surface area (Å²) < 4.78 is 0. The molecule has 1 rings (SSSR count). The highest BCUT2D eigenvalue weighted by atomic mass is 16.4. The first kappa shape index (κ1) is 14.9. The van der Waals surface area contributed by atoms with E-state index in [4.69, 9.17) is 5.11 Å². The molecule has 104 valence electrons. The summed E-state index contributed by atoms with van der Waals surface area (Å²) in [6.45, 7) is 4.32. The molecule has 0 fully saturated rings. The van der Waals surface area contributed by atoms with Crippen LogP contribution in [0.25, 0.3) is 0 Å². The first-order valence-corrected chi connectivity index (χ1v) is 6.22. The number of amides is 2. The van der Waals surface area contributed by atoms with Crippen LogP contribution in [0.5, 0.6) is 0 Å². The Morgan fingerprint density at radius 1 is 1.47 bits per heavy atom. The van der Waals surface area contributed by atoms with Crippen LogP contribution in [0.2, 0.25) is 0 Å². The van der Waals surface area contributed by atoms with Gasteiger partial charge in [0.1, 0.15) is 0 Å². The second-order valence-corrected chi connectivity index (χ2v) is 4.15. The number of carboxylic acid groups (broad SMARTS) is 1. The van der Waals surface area contributed by atoms with E-state index in [2.05, 4.69) is 10.3 Å². The topological polar surface area (TPSA) is 82.5 Å². The average molecular weight is 265 g/mol. The summed E-state index contributed by atoms with van der Waals surface area (Å²) >= 11 is 0. The monoisotopic (exact) mass is 265 g/mol. The van der Waals surface area contributed by atoms with Crippen molar-refractivity contribution >= 4 is 12.0 Å². The minimum absolute atomic E-state index is 0.0563. The van der Waals surface area contributed by atoms with E-state index in [-0.39, 0.29) is 25.0 Å². The van der Waals surface area contributed by atoms with Gasteiger partial charge in [-0.25, -0.2) is 4.79 Å². The number of carbonyl (C=O) groups excluding carboxylic acids is 1. The molecule has 0 radical (unpaired) electrons. The molecule has 0 aliphatic rings. The maximum Gasteiger partial charge on any atom is 0.317 e. The molecule has 0 spiro atoms. The van der Waals surface area contributed by atoms with E-state index in [0.717, 1.165) is 5.69 Å². The number of pyridine rings is 1. The maximum absolute atomic E-state index is 12.0. The second-order valence-electron chi connectivity index (χ2n) is 4.15. The minimum Gasteiger partial charge on any atom is -0.481 e. The average Bonchev–Trinajstić information content (AvgIpc) is 2.40. The number of carbonyl (C=O) groups is 2. The summed E-state index contributed by atoms with van der Waals surface area (Å²) in [5.41, 5.74) is 0.769. The molecular weight excluding hydrogens is 246 g/mol. The Morgan fingerprint density at radius 3 is 2.74 bits per heavy atom. The molecule has 0 saturated carbocycles. The number of hydrogen-bond acceptors (Lipinski definition) is 3. The summed E-state index contributed by atoms with van der Waals surface area (Å²) in [5.74, 6) is -0.913. The summed E-state index contributed by atoms with van der Waals surface area (Å²) in [7, 11) is 0. The van der Waals surface area contributed by atoms with E-state index in [1.807, 2.05) is 32.0 Å². The van der Waals surface area contributed by atoms with Gasteiger partial charge < -0.3 is 15.3 Å². The number of hydrogen-bond donors (Lipinski definition) is 2. The predicted octanol–water partition coefficient (Wildman–Crippen LogP) is 1.65. The summed E-state index contributed by atoms with van der Waals surface area (Å²) in [5, 5.41) is 11.4. The molecule has 1 heterocycles. The highest BCUT2D eigenvalue weighted by molar-refractivity contribution is 5.75. The number of nitrogens with zero attached hydrogens (tertiary/aromatic N) is 2. The van der Waals surface area contributed by atoms with Crippen LogP contribution in [0.3, 0.4) is 0 Å². The van der Waals surface area contributed by atoms with Gasteiger partial charge in [0.15, 0.2) is 0 Å². The van der Waals surface area contributed by atoms with Gasteiger partial charge in [0.05, 0.1) is 18.2 Å². The Hall–Kier alpha value is -2.11. The molecule has 2 N–H and O–H groups in total. The number of aliphatic carboxylic acids is 1. The van der Waals surface area contributed by atoms with Crippen LogP contribution in [0, 0.1) is 0 Å². The van der Waals surface area contributed by atoms with Crippen molar-refractivity contribution in [2.24, 2.45) is 0 Å². The lowest BCUT2D eigenvalue weighted by atomic mass is 10.2. The Bertz CT molecular complexity index is 422. The quantitative estimate of drug-likeness (QED) is 0.819. The van der Waals surface area contributed by atoms with Crippen molar-refractivity contribution in [2.75, 3.05) is 13.1 Å². The number of nitrogens with one attached hydrogen (secondary N) is 1. The first-order chi connectivity index (χ1) is 9.04. The molecule has 1 unspecified atom stereocenters. The second kappa shape index (κ2) is 7.35. The lowest BCUT2D eigenvalue weighted by molar-refractivity contribution is -0.137. The van der Waals surface area contributed by atoms with Gasteiger partial charge in [-0.1, -0.05) is 6.07 Å². The molecule has 1 atom stereocenters. The highest BCUT2D eigenvalue weighted by Crippen LogP contribution is 2.08. The molecule has 0 saturated heterocycles. The van der Waals surface area contributed by atoms with Crippen LogP contribution in [0.1, 0.15) is 32.0 Å². The molecule has 6 nitrogen and oxygen atoms in total. The van der Waals surface area contributed by atoms with Crippen LogP contribution in [0.15, 0.2) is 24.4 Å². The van der Waals surface area contributed by atoms with E-state index >= 15 is 0 Å². The number of urea groups is 1. The highest BCUT2D eigenvalue weighted by Gasteiger charge is 2.16. The van der Waals surface area contributed by atoms with Gasteiger partial charge in [-0.05, 0) is 26.0 Å². The molecule has 1 aromatic heterocycles. The zero-order valence-electron chi connectivity index (χ0n) is 11.2. The van der Waals surface area contributed by atoms with Gasteiger partial charge >= 0.3 is 12.0 Å². The standard InChI is InChI=1S/C13H19N3O3/c1-3-16(9-7-12(17)18)13(19)15-10(2)11-6-4-5-8-14-11/h4-6,8,10H,3,7,9H2,1-2H3,(H,15,19)(H,17,18). The molecule has 2 amide bonds. The van der Waals surface area contributed by atoms with Crippen molar-refractivity contribution in [3.63, 3.8) is 0 Å². The van der Waals surface area contributed by atoms with Gasteiger partial charge in [0.25, 0.3) is 0 Å². The van der Waals surface area contributed by atoms with Gasteiger partial charge in [-0.3, -0.25) is 9.78 Å². The van der Waals surface area contributed by atoms with Crippen molar-refractivity contribution in [1.29, 1.82) is 0 Å². The third kappa shape index (κ3) is 4.95. The van der Waals surface area contributed by atoms with E-state index in [1.54, 1.807) is 6.20 Å². The maximum atomic E-state index is 12.0. The molecule has 6 heteroatoms. The van der Waals surface area contributed by atoms with E-state index in [1.165, 1.54) is 4.90 Å². The zero-order valence-corrected chi connectivity index (χ0v) is 11.2. The summed E-state index contributed by atoms with van der Waals surface area (Å²) in [6.07, 6.45) is 1.61. The van der Waals surface area contributed by atoms with Gasteiger partial charge in [-0.2, -0.15) is 0 Å². The number of carboxylic acids is 1. The van der Waals surface area contributed by atoms with Crippen molar-refractivity contribution in [1.82, 2.24) is 15.2 Å². The Labute approximate surface area is 112 Å². The van der Waals surface area contributed by atoms with Crippen molar-refractivity contribution in [2.45, 2.75) is 26.3 Å². The minimum atomic E-state index is -0.913. The molecular formula is C13H19N3O3. The molecule has 0 aliphatic heterocycles. The van der Waals surface area contributed by atoms with Crippen molar-refractivity contribution in [3.8, 4) is 0 Å². The third-order valence-electron chi connectivity index (χ3n) is 2.74. The largest absolute Gasteiger partial charge is 0.481 e. The fraction of sp³-hybridized carbons (Fsp3) is 0.462. The van der Waals surface area contributed by atoms with Crippen LogP contribution in [0.4, 0.5) is 4.79 Å². The van der Waals surface area contributed by atoms with Crippen LogP contribution < -0.4 is 5.32 Å². The van der Waals surface area contributed by atoms with Crippen LogP contribution >= 0.6 is 0 Å². The van der Waals surface area contributed by atoms with E-state index in [0.29, 0.717) is 6.54 Å². The predicted molar refractivity (Wildman–Crippen MR) is 70.7 cm³/mol.